The van der Waals surface area contributed by atoms with Crippen LogP contribution >= 0.6 is 24.0 Å². The van der Waals surface area contributed by atoms with Crippen LogP contribution in [0.2, 0.25) is 0 Å². The van der Waals surface area contributed by atoms with Crippen molar-refractivity contribution in [2.24, 2.45) is 16.8 Å². The number of nitrogens with one attached hydrogen (secondary N) is 2. The van der Waals surface area contributed by atoms with Gasteiger partial charge in [-0.1, -0.05) is 50.2 Å². The number of hydrogen-bond acceptors (Lipinski definition) is 3. The number of benzene rings is 2. The number of guanidine groups is 1. The number of fused-ring (bicyclic) bond motifs is 1. The second-order valence-electron chi connectivity index (χ2n) is 8.76. The molecule has 1 unspecified atom stereocenters. The summed E-state index contributed by atoms with van der Waals surface area (Å²) in [5.41, 5.74) is 4.60. The first kappa shape index (κ1) is 27.1. The predicted molar refractivity (Wildman–Crippen MR) is 148 cm³/mol. The Balaban J connectivity index is 0.00000385. The van der Waals surface area contributed by atoms with E-state index in [1.165, 1.54) is 11.1 Å². The Morgan fingerprint density at radius 1 is 1.06 bits per heavy atom. The minimum absolute atomic E-state index is 0. The fourth-order valence-corrected chi connectivity index (χ4v) is 3.99. The van der Waals surface area contributed by atoms with Crippen LogP contribution in [0.25, 0.3) is 11.0 Å². The Morgan fingerprint density at radius 2 is 1.79 bits per heavy atom. The minimum Gasteiger partial charge on any atom is -0.396 e. The summed E-state index contributed by atoms with van der Waals surface area (Å²) in [5, 5.41) is 16.1. The summed E-state index contributed by atoms with van der Waals surface area (Å²) >= 11 is 0. The quantitative estimate of drug-likeness (QED) is 0.178. The molecule has 7 heteroatoms. The molecular weight excluding hydrogens is 525 g/mol. The van der Waals surface area contributed by atoms with Gasteiger partial charge in [0.25, 0.3) is 0 Å². The van der Waals surface area contributed by atoms with Gasteiger partial charge in [-0.25, -0.2) is 9.98 Å². The molecule has 0 spiro atoms. The van der Waals surface area contributed by atoms with E-state index in [1.807, 2.05) is 24.5 Å². The molecule has 0 aliphatic heterocycles. The molecule has 0 fully saturated rings. The monoisotopic (exact) mass is 563 g/mol. The van der Waals surface area contributed by atoms with Crippen LogP contribution in [0, 0.1) is 11.8 Å². The molecule has 1 aromatic heterocycles. The van der Waals surface area contributed by atoms with E-state index in [9.17, 15) is 5.11 Å². The molecule has 0 saturated carbocycles. The van der Waals surface area contributed by atoms with Crippen LogP contribution in [0.15, 0.2) is 59.9 Å². The zero-order chi connectivity index (χ0) is 22.8. The molecule has 0 radical (unpaired) electrons. The first-order valence-corrected chi connectivity index (χ1v) is 11.7. The number of imidazole rings is 1. The molecule has 0 saturated heterocycles. The molecule has 6 nitrogen and oxygen atoms in total. The molecule has 3 rings (SSSR count). The van der Waals surface area contributed by atoms with E-state index < -0.39 is 0 Å². The van der Waals surface area contributed by atoms with Gasteiger partial charge in [0, 0.05) is 26.2 Å². The smallest absolute Gasteiger partial charge is 0.191 e. The second kappa shape index (κ2) is 14.2. The van der Waals surface area contributed by atoms with Crippen LogP contribution in [0.4, 0.5) is 0 Å². The number of aliphatic hydroxyl groups excluding tert-OH is 1. The number of para-hydroxylation sites is 2. The fourth-order valence-electron chi connectivity index (χ4n) is 3.99. The van der Waals surface area contributed by atoms with Crippen molar-refractivity contribution in [1.82, 2.24) is 20.2 Å². The zero-order valence-corrected chi connectivity index (χ0v) is 22.3. The van der Waals surface area contributed by atoms with Crippen molar-refractivity contribution < 1.29 is 5.11 Å². The van der Waals surface area contributed by atoms with Crippen molar-refractivity contribution in [1.29, 1.82) is 0 Å². The van der Waals surface area contributed by atoms with Crippen molar-refractivity contribution in [3.63, 3.8) is 0 Å². The highest BCUT2D eigenvalue weighted by atomic mass is 127. The van der Waals surface area contributed by atoms with E-state index in [2.05, 4.69) is 71.3 Å². The first-order valence-electron chi connectivity index (χ1n) is 11.7. The summed E-state index contributed by atoms with van der Waals surface area (Å²) in [7, 11) is 0. The molecule has 0 aliphatic rings. The Bertz CT molecular complexity index is 984. The molecular formula is C26H38IN5O. The van der Waals surface area contributed by atoms with Crippen molar-refractivity contribution in [2.45, 2.75) is 46.7 Å². The number of nitrogens with zero attached hydrogens (tertiary/aromatic N) is 3. The molecule has 0 aliphatic carbocycles. The lowest BCUT2D eigenvalue weighted by Gasteiger charge is -2.20. The van der Waals surface area contributed by atoms with Gasteiger partial charge in [0.15, 0.2) is 5.96 Å². The highest BCUT2D eigenvalue weighted by Gasteiger charge is 2.11. The van der Waals surface area contributed by atoms with E-state index in [0.717, 1.165) is 49.5 Å². The van der Waals surface area contributed by atoms with Gasteiger partial charge in [0.1, 0.15) is 0 Å². The number of aromatic nitrogens is 2. The number of aliphatic hydroxyl groups is 1. The maximum Gasteiger partial charge on any atom is 0.191 e. The van der Waals surface area contributed by atoms with Crippen molar-refractivity contribution >= 4 is 41.0 Å². The summed E-state index contributed by atoms with van der Waals surface area (Å²) in [6.07, 6.45) is 3.82. The normalized spacial score (nSPS) is 12.6. The van der Waals surface area contributed by atoms with E-state index >= 15 is 0 Å². The van der Waals surface area contributed by atoms with Crippen LogP contribution in [0.1, 0.15) is 44.7 Å². The number of aliphatic imine (C=N–C) groups is 1. The van der Waals surface area contributed by atoms with E-state index in [4.69, 9.17) is 4.99 Å². The summed E-state index contributed by atoms with van der Waals surface area (Å²) in [4.78, 5) is 9.23. The third-order valence-corrected chi connectivity index (χ3v) is 5.57. The third-order valence-electron chi connectivity index (χ3n) is 5.57. The maximum atomic E-state index is 9.35. The lowest BCUT2D eigenvalue weighted by Crippen LogP contribution is -2.40. The van der Waals surface area contributed by atoms with Crippen LogP contribution in [0.3, 0.4) is 0 Å². The van der Waals surface area contributed by atoms with E-state index in [0.29, 0.717) is 18.4 Å². The van der Waals surface area contributed by atoms with Gasteiger partial charge < -0.3 is 20.3 Å². The average molecular weight is 564 g/mol. The number of hydrogen-bond donors (Lipinski definition) is 3. The first-order chi connectivity index (χ1) is 15.6. The summed E-state index contributed by atoms with van der Waals surface area (Å²) in [5.74, 6) is 1.89. The Kier molecular flexibility index (Phi) is 11.7. The number of halogens is 1. The SMILES string of the molecule is CCNC(=NCc1ccc(Cn2cnc3ccccc32)cc1)NCC(CCO)CC(C)C.I. The van der Waals surface area contributed by atoms with Gasteiger partial charge in [0.2, 0.25) is 0 Å². The van der Waals surface area contributed by atoms with E-state index in [1.54, 1.807) is 0 Å². The topological polar surface area (TPSA) is 74.5 Å². The third kappa shape index (κ3) is 8.62. The highest BCUT2D eigenvalue weighted by molar-refractivity contribution is 14.0. The van der Waals surface area contributed by atoms with E-state index in [-0.39, 0.29) is 30.6 Å². The largest absolute Gasteiger partial charge is 0.396 e. The van der Waals surface area contributed by atoms with Gasteiger partial charge in [0.05, 0.1) is 23.9 Å². The lowest BCUT2D eigenvalue weighted by molar-refractivity contribution is 0.243. The molecule has 180 valence electrons. The maximum absolute atomic E-state index is 9.35. The van der Waals surface area contributed by atoms with Crippen LogP contribution in [-0.2, 0) is 13.1 Å². The van der Waals surface area contributed by atoms with Crippen LogP contribution in [-0.4, -0.2) is 40.3 Å². The molecule has 1 heterocycles. The van der Waals surface area contributed by atoms with Crippen molar-refractivity contribution in [3.8, 4) is 0 Å². The summed E-state index contributed by atoms with van der Waals surface area (Å²) in [6, 6.07) is 16.8. The molecule has 2 aromatic carbocycles. The molecule has 0 bridgehead atoms. The molecule has 3 aromatic rings. The molecule has 0 amide bonds. The van der Waals surface area contributed by atoms with Crippen molar-refractivity contribution in [3.05, 3.63) is 66.0 Å². The minimum atomic E-state index is 0. The van der Waals surface area contributed by atoms with Gasteiger partial charge >= 0.3 is 0 Å². The van der Waals surface area contributed by atoms with Crippen molar-refractivity contribution in [2.75, 3.05) is 19.7 Å². The zero-order valence-electron chi connectivity index (χ0n) is 20.0. The molecule has 33 heavy (non-hydrogen) atoms. The Morgan fingerprint density at radius 3 is 2.48 bits per heavy atom. The predicted octanol–water partition coefficient (Wildman–Crippen LogP) is 4.80. The summed E-state index contributed by atoms with van der Waals surface area (Å²) in [6.45, 7) is 9.82. The Labute approximate surface area is 214 Å². The number of rotatable bonds is 11. The average Bonchev–Trinajstić information content (AvgIpc) is 3.19. The molecule has 3 N–H and O–H groups in total. The standard InChI is InChI=1S/C26H37N5O.HI/c1-4-27-26(29-17-23(13-14-32)15-20(2)3)28-16-21-9-11-22(12-10-21)18-31-19-30-24-7-5-6-8-25(24)31;/h5-12,19-20,23,32H,4,13-18H2,1-3H3,(H2,27,28,29);1H. The fraction of sp³-hybridized carbons (Fsp3) is 0.462. The van der Waals surface area contributed by atoms with Crippen LogP contribution in [0.5, 0.6) is 0 Å². The highest BCUT2D eigenvalue weighted by Crippen LogP contribution is 2.16. The molecule has 1 atom stereocenters. The van der Waals surface area contributed by atoms with Crippen LogP contribution < -0.4 is 10.6 Å². The van der Waals surface area contributed by atoms with Gasteiger partial charge in [-0.2, -0.15) is 0 Å². The van der Waals surface area contributed by atoms with Gasteiger partial charge in [-0.3, -0.25) is 0 Å². The lowest BCUT2D eigenvalue weighted by atomic mass is 9.94. The Hall–Kier alpha value is -2.13. The van der Waals surface area contributed by atoms with Gasteiger partial charge in [-0.05, 0) is 54.9 Å². The second-order valence-corrected chi connectivity index (χ2v) is 8.76. The summed E-state index contributed by atoms with van der Waals surface area (Å²) < 4.78 is 2.18. The van der Waals surface area contributed by atoms with Gasteiger partial charge in [-0.15, -0.1) is 24.0 Å².